The van der Waals surface area contributed by atoms with E-state index in [0.29, 0.717) is 31.7 Å². The van der Waals surface area contributed by atoms with Gasteiger partial charge in [0.15, 0.2) is 0 Å². The number of ether oxygens (including phenoxy) is 1. The largest absolute Gasteiger partial charge is 0.480 e. The van der Waals surface area contributed by atoms with Crippen molar-refractivity contribution >= 4 is 17.7 Å². The Morgan fingerprint density at radius 3 is 2.90 bits per heavy atom. The Bertz CT molecular complexity index is 518. The molecule has 0 aromatic heterocycles. The van der Waals surface area contributed by atoms with Crippen molar-refractivity contribution in [2.45, 2.75) is 25.3 Å². The van der Waals surface area contributed by atoms with E-state index < -0.39 is 12.0 Å². The first-order chi connectivity index (χ1) is 10.1. The molecule has 1 heterocycles. The molecule has 0 unspecified atom stereocenters. The third-order valence-corrected chi connectivity index (χ3v) is 3.63. The van der Waals surface area contributed by atoms with E-state index in [9.17, 15) is 9.59 Å². The fourth-order valence-corrected chi connectivity index (χ4v) is 2.53. The second-order valence-corrected chi connectivity index (χ2v) is 5.02. The van der Waals surface area contributed by atoms with E-state index >= 15 is 0 Å². The number of amides is 2. The second kappa shape index (κ2) is 7.08. The average molecular weight is 292 g/mol. The Hall–Kier alpha value is -2.08. The highest BCUT2D eigenvalue weighted by molar-refractivity contribution is 5.93. The van der Waals surface area contributed by atoms with E-state index in [4.69, 9.17) is 9.84 Å². The van der Waals surface area contributed by atoms with Gasteiger partial charge in [-0.1, -0.05) is 18.2 Å². The number of carbonyl (C=O) groups excluding carboxylic acids is 1. The normalized spacial score (nSPS) is 17.8. The van der Waals surface area contributed by atoms with E-state index in [1.54, 1.807) is 7.11 Å². The number of anilines is 1. The minimum Gasteiger partial charge on any atom is -0.480 e. The minimum atomic E-state index is -0.949. The van der Waals surface area contributed by atoms with Crippen LogP contribution in [0, 0.1) is 0 Å². The van der Waals surface area contributed by atoms with Gasteiger partial charge in [-0.25, -0.2) is 9.59 Å². The molecule has 0 bridgehead atoms. The van der Waals surface area contributed by atoms with Gasteiger partial charge in [0.2, 0.25) is 0 Å². The number of likely N-dealkylation sites (tertiary alicyclic amines) is 1. The molecule has 2 amide bonds. The number of carboxylic acid groups (broad SMARTS) is 1. The third kappa shape index (κ3) is 3.72. The highest BCUT2D eigenvalue weighted by atomic mass is 16.5. The predicted octanol–water partition coefficient (Wildman–Crippen LogP) is 1.96. The molecule has 1 aromatic carbocycles. The summed E-state index contributed by atoms with van der Waals surface area (Å²) >= 11 is 0. The Labute approximate surface area is 123 Å². The number of rotatable bonds is 5. The molecule has 1 aliphatic rings. The molecule has 1 aliphatic heterocycles. The van der Waals surface area contributed by atoms with Gasteiger partial charge >= 0.3 is 12.0 Å². The Balaban J connectivity index is 2.07. The third-order valence-electron chi connectivity index (χ3n) is 3.63. The molecule has 2 rings (SSSR count). The summed E-state index contributed by atoms with van der Waals surface area (Å²) in [7, 11) is 1.63. The Morgan fingerprint density at radius 1 is 1.43 bits per heavy atom. The van der Waals surface area contributed by atoms with Crippen molar-refractivity contribution in [2.75, 3.05) is 25.6 Å². The molecule has 21 heavy (non-hydrogen) atoms. The van der Waals surface area contributed by atoms with Crippen molar-refractivity contribution in [3.8, 4) is 0 Å². The fourth-order valence-electron chi connectivity index (χ4n) is 2.53. The van der Waals surface area contributed by atoms with E-state index in [-0.39, 0.29) is 6.03 Å². The molecule has 6 nitrogen and oxygen atoms in total. The number of methoxy groups -OCH3 is 1. The van der Waals surface area contributed by atoms with Crippen molar-refractivity contribution in [1.29, 1.82) is 0 Å². The van der Waals surface area contributed by atoms with Crippen LogP contribution in [0.25, 0.3) is 0 Å². The first-order valence-electron chi connectivity index (χ1n) is 7.00. The minimum absolute atomic E-state index is 0.357. The molecule has 1 saturated heterocycles. The fraction of sp³-hybridized carbons (Fsp3) is 0.467. The molecule has 0 spiro atoms. The molecule has 2 N–H and O–H groups in total. The average Bonchev–Trinajstić information content (AvgIpc) is 2.96. The van der Waals surface area contributed by atoms with Crippen molar-refractivity contribution in [1.82, 2.24) is 4.90 Å². The van der Waals surface area contributed by atoms with Crippen LogP contribution in [-0.4, -0.2) is 48.3 Å². The molecule has 1 fully saturated rings. The van der Waals surface area contributed by atoms with Gasteiger partial charge in [-0.3, -0.25) is 0 Å². The van der Waals surface area contributed by atoms with Crippen LogP contribution < -0.4 is 5.32 Å². The zero-order valence-electron chi connectivity index (χ0n) is 12.0. The number of urea groups is 1. The topological polar surface area (TPSA) is 78.9 Å². The van der Waals surface area contributed by atoms with Gasteiger partial charge in [0.25, 0.3) is 0 Å². The summed E-state index contributed by atoms with van der Waals surface area (Å²) in [6.45, 7) is 1.04. The second-order valence-electron chi connectivity index (χ2n) is 5.02. The van der Waals surface area contributed by atoms with Crippen LogP contribution >= 0.6 is 0 Å². The molecule has 0 aliphatic carbocycles. The van der Waals surface area contributed by atoms with Crippen LogP contribution in [0.2, 0.25) is 0 Å². The van der Waals surface area contributed by atoms with Crippen molar-refractivity contribution in [3.63, 3.8) is 0 Å². The molecule has 1 atom stereocenters. The summed E-state index contributed by atoms with van der Waals surface area (Å²) in [6.07, 6.45) is 1.92. The van der Waals surface area contributed by atoms with Gasteiger partial charge < -0.3 is 20.1 Å². The van der Waals surface area contributed by atoms with Gasteiger partial charge in [-0.15, -0.1) is 0 Å². The summed E-state index contributed by atoms with van der Waals surface area (Å²) in [5.74, 6) is -0.949. The Kier molecular flexibility index (Phi) is 5.16. The SMILES string of the molecule is COCCc1ccccc1NC(=O)N1CCC[C@@H]1C(=O)O. The number of nitrogens with one attached hydrogen (secondary N) is 1. The number of carboxylic acids is 1. The van der Waals surface area contributed by atoms with E-state index in [2.05, 4.69) is 5.32 Å². The summed E-state index contributed by atoms with van der Waals surface area (Å²) in [5, 5.41) is 11.9. The van der Waals surface area contributed by atoms with Gasteiger partial charge in [-0.05, 0) is 30.9 Å². The number of carbonyl (C=O) groups is 2. The van der Waals surface area contributed by atoms with Gasteiger partial charge in [0, 0.05) is 19.3 Å². The maximum atomic E-state index is 12.3. The lowest BCUT2D eigenvalue weighted by molar-refractivity contribution is -0.141. The zero-order valence-corrected chi connectivity index (χ0v) is 12.0. The number of aliphatic carboxylic acids is 1. The first kappa shape index (κ1) is 15.3. The number of hydrogen-bond donors (Lipinski definition) is 2. The zero-order chi connectivity index (χ0) is 15.2. The van der Waals surface area contributed by atoms with Crippen molar-refractivity contribution < 1.29 is 19.4 Å². The van der Waals surface area contributed by atoms with Gasteiger partial charge in [-0.2, -0.15) is 0 Å². The molecule has 0 radical (unpaired) electrons. The van der Waals surface area contributed by atoms with Gasteiger partial charge in [0.1, 0.15) is 6.04 Å². The molecule has 0 saturated carbocycles. The van der Waals surface area contributed by atoms with Crippen LogP contribution in [0.4, 0.5) is 10.5 Å². The standard InChI is InChI=1S/C15H20N2O4/c1-21-10-8-11-5-2-3-6-12(11)16-15(20)17-9-4-7-13(17)14(18)19/h2-3,5-6,13H,4,7-10H2,1H3,(H,16,20)(H,18,19)/t13-/m1/s1. The van der Waals surface area contributed by atoms with Crippen LogP contribution in [0.15, 0.2) is 24.3 Å². The number of nitrogens with zero attached hydrogens (tertiary/aromatic N) is 1. The highest BCUT2D eigenvalue weighted by Crippen LogP contribution is 2.21. The van der Waals surface area contributed by atoms with Crippen molar-refractivity contribution in [2.24, 2.45) is 0 Å². The molecule has 1 aromatic rings. The van der Waals surface area contributed by atoms with Crippen LogP contribution in [0.3, 0.4) is 0 Å². The van der Waals surface area contributed by atoms with E-state index in [0.717, 1.165) is 12.0 Å². The predicted molar refractivity (Wildman–Crippen MR) is 78.4 cm³/mol. The number of benzene rings is 1. The van der Waals surface area contributed by atoms with Crippen LogP contribution in [0.5, 0.6) is 0 Å². The maximum Gasteiger partial charge on any atom is 0.326 e. The lowest BCUT2D eigenvalue weighted by Crippen LogP contribution is -2.42. The Morgan fingerprint density at radius 2 is 2.19 bits per heavy atom. The maximum absolute atomic E-state index is 12.3. The molecular weight excluding hydrogens is 272 g/mol. The first-order valence-corrected chi connectivity index (χ1v) is 7.00. The highest BCUT2D eigenvalue weighted by Gasteiger charge is 2.34. The summed E-state index contributed by atoms with van der Waals surface area (Å²) in [6, 6.07) is 6.39. The monoisotopic (exact) mass is 292 g/mol. The molecule has 6 heteroatoms. The summed E-state index contributed by atoms with van der Waals surface area (Å²) < 4.78 is 5.05. The smallest absolute Gasteiger partial charge is 0.326 e. The molecule has 114 valence electrons. The van der Waals surface area contributed by atoms with Gasteiger partial charge in [0.05, 0.1) is 6.61 Å². The number of para-hydroxylation sites is 1. The van der Waals surface area contributed by atoms with Crippen LogP contribution in [-0.2, 0) is 16.0 Å². The summed E-state index contributed by atoms with van der Waals surface area (Å²) in [4.78, 5) is 24.8. The number of hydrogen-bond acceptors (Lipinski definition) is 3. The lowest BCUT2D eigenvalue weighted by atomic mass is 10.1. The van der Waals surface area contributed by atoms with E-state index in [1.807, 2.05) is 24.3 Å². The quantitative estimate of drug-likeness (QED) is 0.869. The lowest BCUT2D eigenvalue weighted by Gasteiger charge is -2.22. The van der Waals surface area contributed by atoms with Crippen molar-refractivity contribution in [3.05, 3.63) is 29.8 Å². The van der Waals surface area contributed by atoms with E-state index in [1.165, 1.54) is 4.90 Å². The van der Waals surface area contributed by atoms with Crippen LogP contribution in [0.1, 0.15) is 18.4 Å². The summed E-state index contributed by atoms with van der Waals surface area (Å²) in [5.41, 5.74) is 1.68. The molecular formula is C15H20N2O4.